The van der Waals surface area contributed by atoms with Crippen LogP contribution in [-0.2, 0) is 12.7 Å². The second-order valence-corrected chi connectivity index (χ2v) is 8.93. The highest BCUT2D eigenvalue weighted by atomic mass is 19.4. The largest absolute Gasteiger partial charge is 0.496 e. The molecule has 4 rings (SSSR count). The van der Waals surface area contributed by atoms with E-state index in [1.807, 2.05) is 0 Å². The number of methoxy groups -OCH3 is 1. The molecule has 200 valence electrons. The number of amides is 1. The Bertz CT molecular complexity index is 1280. The van der Waals surface area contributed by atoms with E-state index in [2.05, 4.69) is 20.6 Å². The molecule has 2 aromatic carbocycles. The molecule has 5 N–H and O–H groups in total. The molecule has 37 heavy (non-hydrogen) atoms. The SMILES string of the molecule is COc1cc2[nH]c(Nc3cc(CN)ccc3C(F)(F)F)nc2cc1C(=O)N[C@H]1CC[C@H](C(F)(F)F)CC1. The molecule has 1 aliphatic carbocycles. The lowest BCUT2D eigenvalue weighted by Gasteiger charge is -2.30. The molecule has 1 heterocycles. The van der Waals surface area contributed by atoms with E-state index < -0.39 is 35.8 Å². The Labute approximate surface area is 207 Å². The van der Waals surface area contributed by atoms with Gasteiger partial charge in [-0.05, 0) is 49.4 Å². The van der Waals surface area contributed by atoms with Gasteiger partial charge in [-0.2, -0.15) is 26.3 Å². The first-order valence-corrected chi connectivity index (χ1v) is 11.5. The van der Waals surface area contributed by atoms with Gasteiger partial charge >= 0.3 is 12.4 Å². The fourth-order valence-electron chi connectivity index (χ4n) is 4.47. The maximum absolute atomic E-state index is 13.5. The highest BCUT2D eigenvalue weighted by Gasteiger charge is 2.41. The number of hydrogen-bond acceptors (Lipinski definition) is 5. The van der Waals surface area contributed by atoms with Crippen molar-refractivity contribution in [3.8, 4) is 5.75 Å². The Morgan fingerprint density at radius 1 is 1.11 bits per heavy atom. The van der Waals surface area contributed by atoms with Crippen LogP contribution in [0.5, 0.6) is 5.75 Å². The van der Waals surface area contributed by atoms with Crippen molar-refractivity contribution in [2.75, 3.05) is 12.4 Å². The zero-order chi connectivity index (χ0) is 27.0. The summed E-state index contributed by atoms with van der Waals surface area (Å²) in [6, 6.07) is 5.97. The van der Waals surface area contributed by atoms with Gasteiger partial charge in [-0.15, -0.1) is 0 Å². The van der Waals surface area contributed by atoms with E-state index in [1.165, 1.54) is 31.4 Å². The minimum absolute atomic E-state index is 0.000226. The zero-order valence-electron chi connectivity index (χ0n) is 19.7. The Morgan fingerprint density at radius 3 is 2.41 bits per heavy atom. The van der Waals surface area contributed by atoms with E-state index in [9.17, 15) is 31.1 Å². The molecule has 0 spiro atoms. The molecule has 1 amide bonds. The lowest BCUT2D eigenvalue weighted by molar-refractivity contribution is -0.182. The van der Waals surface area contributed by atoms with Gasteiger partial charge in [-0.3, -0.25) is 4.79 Å². The molecule has 0 aliphatic heterocycles. The van der Waals surface area contributed by atoms with Crippen LogP contribution in [0.4, 0.5) is 38.0 Å². The van der Waals surface area contributed by atoms with E-state index >= 15 is 0 Å². The number of halogens is 6. The molecule has 3 aromatic rings. The molecule has 7 nitrogen and oxygen atoms in total. The van der Waals surface area contributed by atoms with Crippen molar-refractivity contribution in [1.82, 2.24) is 15.3 Å². The number of alkyl halides is 6. The van der Waals surface area contributed by atoms with Crippen molar-refractivity contribution >= 4 is 28.6 Å². The quantitative estimate of drug-likeness (QED) is 0.309. The van der Waals surface area contributed by atoms with Gasteiger partial charge in [-0.25, -0.2) is 4.98 Å². The van der Waals surface area contributed by atoms with Gasteiger partial charge in [0.1, 0.15) is 5.75 Å². The van der Waals surface area contributed by atoms with Crippen molar-refractivity contribution in [3.05, 3.63) is 47.0 Å². The van der Waals surface area contributed by atoms with Crippen molar-refractivity contribution in [1.29, 1.82) is 0 Å². The van der Waals surface area contributed by atoms with Crippen LogP contribution in [0.25, 0.3) is 11.0 Å². The number of rotatable bonds is 6. The summed E-state index contributed by atoms with van der Waals surface area (Å²) in [5.74, 6) is -1.74. The second-order valence-electron chi connectivity index (χ2n) is 8.93. The number of carbonyl (C=O) groups is 1. The number of aromatic nitrogens is 2. The number of hydrogen-bond donors (Lipinski definition) is 4. The Kier molecular flexibility index (Phi) is 7.27. The van der Waals surface area contributed by atoms with Crippen molar-refractivity contribution in [2.45, 2.75) is 50.6 Å². The lowest BCUT2D eigenvalue weighted by Crippen LogP contribution is -2.40. The first-order valence-electron chi connectivity index (χ1n) is 11.5. The molecule has 0 radical (unpaired) electrons. The number of carbonyl (C=O) groups excluding carboxylic acids is 1. The third kappa shape index (κ3) is 5.92. The number of aromatic amines is 1. The van der Waals surface area contributed by atoms with E-state index in [0.29, 0.717) is 11.1 Å². The molecular formula is C24H25F6N5O2. The number of ether oxygens (including phenoxy) is 1. The summed E-state index contributed by atoms with van der Waals surface area (Å²) < 4.78 is 84.5. The monoisotopic (exact) mass is 529 g/mol. The predicted octanol–water partition coefficient (Wildman–Crippen LogP) is 5.64. The normalized spacial score (nSPS) is 18.6. The molecule has 13 heteroatoms. The van der Waals surface area contributed by atoms with Crippen molar-refractivity contribution < 1.29 is 35.9 Å². The van der Waals surface area contributed by atoms with Crippen LogP contribution in [0, 0.1) is 5.92 Å². The molecule has 1 aliphatic rings. The lowest BCUT2D eigenvalue weighted by atomic mass is 9.85. The van der Waals surface area contributed by atoms with E-state index in [4.69, 9.17) is 10.5 Å². The summed E-state index contributed by atoms with van der Waals surface area (Å²) in [4.78, 5) is 20.1. The number of fused-ring (bicyclic) bond motifs is 1. The topological polar surface area (TPSA) is 105 Å². The maximum Gasteiger partial charge on any atom is 0.418 e. The summed E-state index contributed by atoms with van der Waals surface area (Å²) in [7, 11) is 1.34. The fourth-order valence-corrected chi connectivity index (χ4v) is 4.47. The number of anilines is 2. The van der Waals surface area contributed by atoms with Gasteiger partial charge in [0.05, 0.1) is 40.9 Å². The van der Waals surface area contributed by atoms with Crippen molar-refractivity contribution in [2.24, 2.45) is 11.7 Å². The highest BCUT2D eigenvalue weighted by Crippen LogP contribution is 2.38. The summed E-state index contributed by atoms with van der Waals surface area (Å²) in [6.07, 6.45) is -8.61. The molecule has 0 bridgehead atoms. The molecule has 1 aromatic heterocycles. The number of nitrogens with two attached hydrogens (primary N) is 1. The fraction of sp³-hybridized carbons (Fsp3) is 0.417. The third-order valence-electron chi connectivity index (χ3n) is 6.45. The highest BCUT2D eigenvalue weighted by molar-refractivity contribution is 6.01. The molecule has 0 unspecified atom stereocenters. The van der Waals surface area contributed by atoms with Crippen LogP contribution >= 0.6 is 0 Å². The molecule has 1 saturated carbocycles. The number of nitrogens with zero attached hydrogens (tertiary/aromatic N) is 1. The van der Waals surface area contributed by atoms with Crippen LogP contribution in [0.3, 0.4) is 0 Å². The van der Waals surface area contributed by atoms with E-state index in [0.717, 1.165) is 6.07 Å². The predicted molar refractivity (Wildman–Crippen MR) is 125 cm³/mol. The minimum atomic E-state index is -4.62. The van der Waals surface area contributed by atoms with Gasteiger partial charge in [0.2, 0.25) is 5.95 Å². The Hall–Kier alpha value is -3.48. The minimum Gasteiger partial charge on any atom is -0.496 e. The molecular weight excluding hydrogens is 504 g/mol. The standard InChI is InChI=1S/C24H25F6N5O2/c1-37-20-10-19-18(9-15(20)21(36)32-14-5-3-13(4-6-14)23(25,26)27)34-22(35-19)33-17-8-12(11-31)2-7-16(17)24(28,29)30/h2,7-10,13-14H,3-6,11,31H2,1H3,(H,32,36)(H2,33,34,35)/t13-,14-. The van der Waals surface area contributed by atoms with Gasteiger partial charge in [0.15, 0.2) is 0 Å². The second kappa shape index (κ2) is 10.1. The van der Waals surface area contributed by atoms with Gasteiger partial charge in [0.25, 0.3) is 5.91 Å². The van der Waals surface area contributed by atoms with E-state index in [1.54, 1.807) is 0 Å². The average molecular weight is 529 g/mol. The first kappa shape index (κ1) is 26.6. The number of benzene rings is 2. The van der Waals surface area contributed by atoms with Gasteiger partial charge < -0.3 is 26.1 Å². The van der Waals surface area contributed by atoms with Crippen LogP contribution in [-0.4, -0.2) is 35.2 Å². The zero-order valence-corrected chi connectivity index (χ0v) is 19.7. The average Bonchev–Trinajstić information content (AvgIpc) is 3.23. The smallest absolute Gasteiger partial charge is 0.418 e. The summed E-state index contributed by atoms with van der Waals surface area (Å²) in [5.41, 5.74) is 5.68. The van der Waals surface area contributed by atoms with Crippen molar-refractivity contribution in [3.63, 3.8) is 0 Å². The Morgan fingerprint density at radius 2 is 1.81 bits per heavy atom. The maximum atomic E-state index is 13.5. The van der Waals surface area contributed by atoms with Crippen LogP contribution in [0.1, 0.15) is 47.2 Å². The molecule has 1 fully saturated rings. The van der Waals surface area contributed by atoms with Crippen LogP contribution in [0.2, 0.25) is 0 Å². The number of imidazole rings is 1. The van der Waals surface area contributed by atoms with Gasteiger partial charge in [0, 0.05) is 18.7 Å². The number of nitrogens with one attached hydrogen (secondary N) is 3. The number of H-pyrrole nitrogens is 1. The third-order valence-corrected chi connectivity index (χ3v) is 6.45. The summed E-state index contributed by atoms with van der Waals surface area (Å²) in [5, 5.41) is 5.39. The van der Waals surface area contributed by atoms with Crippen LogP contribution in [0.15, 0.2) is 30.3 Å². The molecule has 0 saturated heterocycles. The Balaban J connectivity index is 1.56. The first-order chi connectivity index (χ1) is 17.4. The van der Waals surface area contributed by atoms with Gasteiger partial charge in [-0.1, -0.05) is 6.07 Å². The van der Waals surface area contributed by atoms with Crippen LogP contribution < -0.4 is 21.1 Å². The summed E-state index contributed by atoms with van der Waals surface area (Å²) >= 11 is 0. The summed E-state index contributed by atoms with van der Waals surface area (Å²) in [6.45, 7) is 0.0421. The van der Waals surface area contributed by atoms with E-state index in [-0.39, 0.29) is 60.7 Å². The molecule has 0 atom stereocenters.